The molecule has 0 saturated heterocycles. The summed E-state index contributed by atoms with van der Waals surface area (Å²) in [6.07, 6.45) is 6.29. The van der Waals surface area contributed by atoms with Gasteiger partial charge in [-0.15, -0.1) is 0 Å². The number of amides is 1. The van der Waals surface area contributed by atoms with E-state index in [0.29, 0.717) is 13.0 Å². The molecule has 4 nitrogen and oxygen atoms in total. The Bertz CT molecular complexity index is 343. The highest BCUT2D eigenvalue weighted by Crippen LogP contribution is 2.48. The minimum Gasteiger partial charge on any atom is -0.343 e. The van der Waals surface area contributed by atoms with Gasteiger partial charge in [-0.2, -0.15) is 0 Å². The van der Waals surface area contributed by atoms with Crippen LogP contribution in [0.5, 0.6) is 0 Å². The van der Waals surface area contributed by atoms with Gasteiger partial charge in [0.1, 0.15) is 0 Å². The van der Waals surface area contributed by atoms with Gasteiger partial charge in [-0.3, -0.25) is 4.79 Å². The number of rotatable bonds is 8. The van der Waals surface area contributed by atoms with Crippen molar-refractivity contribution in [1.29, 1.82) is 0 Å². The fourth-order valence-corrected chi connectivity index (χ4v) is 4.45. The normalized spacial score (nSPS) is 29.1. The molecular weight excluding hydrogens is 262 g/mol. The average molecular weight is 295 g/mol. The standard InChI is InChI=1S/C17H33N3O/c1-4-20(5-2)17(21)10-16(11-18)19(3)12-15-9-13-6-7-14(15)8-13/h13-16H,4-12,18H2,1-3H3. The Kier molecular flexibility index (Phi) is 6.06. The van der Waals surface area contributed by atoms with E-state index in [9.17, 15) is 4.79 Å². The molecule has 2 bridgehead atoms. The second kappa shape index (κ2) is 7.59. The summed E-state index contributed by atoms with van der Waals surface area (Å²) < 4.78 is 0. The molecule has 2 aliphatic carbocycles. The Hall–Kier alpha value is -0.610. The molecule has 0 spiro atoms. The summed E-state index contributed by atoms with van der Waals surface area (Å²) >= 11 is 0. The molecule has 0 aromatic rings. The van der Waals surface area contributed by atoms with Crippen LogP contribution >= 0.6 is 0 Å². The van der Waals surface area contributed by atoms with Crippen LogP contribution < -0.4 is 5.73 Å². The molecule has 122 valence electrons. The summed E-state index contributed by atoms with van der Waals surface area (Å²) in [4.78, 5) is 16.6. The molecule has 0 aromatic heterocycles. The van der Waals surface area contributed by atoms with Gasteiger partial charge in [0.05, 0.1) is 0 Å². The zero-order valence-corrected chi connectivity index (χ0v) is 14.1. The smallest absolute Gasteiger partial charge is 0.224 e. The molecule has 0 radical (unpaired) electrons. The maximum Gasteiger partial charge on any atom is 0.224 e. The summed E-state index contributed by atoms with van der Waals surface area (Å²) in [5, 5.41) is 0. The SMILES string of the molecule is CCN(CC)C(=O)CC(CN)N(C)CC1CC2CCC1C2. The van der Waals surface area contributed by atoms with Gasteiger partial charge in [0.25, 0.3) is 0 Å². The predicted octanol–water partition coefficient (Wildman–Crippen LogP) is 1.94. The van der Waals surface area contributed by atoms with Crippen LogP contribution in [-0.4, -0.2) is 55.0 Å². The fraction of sp³-hybridized carbons (Fsp3) is 0.941. The Balaban J connectivity index is 1.83. The van der Waals surface area contributed by atoms with Gasteiger partial charge in [0, 0.05) is 38.6 Å². The lowest BCUT2D eigenvalue weighted by Crippen LogP contribution is -2.45. The number of likely N-dealkylation sites (N-methyl/N-ethyl adjacent to an activating group) is 1. The molecule has 2 saturated carbocycles. The molecule has 4 heteroatoms. The summed E-state index contributed by atoms with van der Waals surface area (Å²) in [6, 6.07) is 0.192. The van der Waals surface area contributed by atoms with Crippen LogP contribution in [0.4, 0.5) is 0 Å². The highest BCUT2D eigenvalue weighted by atomic mass is 16.2. The maximum atomic E-state index is 12.3. The molecule has 2 fully saturated rings. The lowest BCUT2D eigenvalue weighted by molar-refractivity contribution is -0.132. The first-order valence-corrected chi connectivity index (χ1v) is 8.77. The summed E-state index contributed by atoms with van der Waals surface area (Å²) in [5.74, 6) is 3.01. The van der Waals surface area contributed by atoms with Gasteiger partial charge >= 0.3 is 0 Å². The van der Waals surface area contributed by atoms with E-state index in [1.165, 1.54) is 25.7 Å². The Morgan fingerprint density at radius 3 is 2.43 bits per heavy atom. The summed E-state index contributed by atoms with van der Waals surface area (Å²) in [5.41, 5.74) is 5.94. The first kappa shape index (κ1) is 16.8. The number of fused-ring (bicyclic) bond motifs is 2. The van der Waals surface area contributed by atoms with Crippen molar-refractivity contribution in [3.63, 3.8) is 0 Å². The van der Waals surface area contributed by atoms with E-state index in [0.717, 1.165) is 37.4 Å². The van der Waals surface area contributed by atoms with Crippen molar-refractivity contribution in [2.24, 2.45) is 23.5 Å². The average Bonchev–Trinajstić information content (AvgIpc) is 3.08. The first-order chi connectivity index (χ1) is 10.1. The van der Waals surface area contributed by atoms with E-state index >= 15 is 0 Å². The first-order valence-electron chi connectivity index (χ1n) is 8.77. The lowest BCUT2D eigenvalue weighted by Gasteiger charge is -2.33. The van der Waals surface area contributed by atoms with E-state index in [2.05, 4.69) is 11.9 Å². The van der Waals surface area contributed by atoms with Crippen molar-refractivity contribution in [2.75, 3.05) is 33.2 Å². The second-order valence-electron chi connectivity index (χ2n) is 7.03. The van der Waals surface area contributed by atoms with Gasteiger partial charge < -0.3 is 15.5 Å². The monoisotopic (exact) mass is 295 g/mol. The van der Waals surface area contributed by atoms with E-state index in [1.807, 2.05) is 18.7 Å². The van der Waals surface area contributed by atoms with Gasteiger partial charge in [0.15, 0.2) is 0 Å². The third-order valence-electron chi connectivity index (χ3n) is 5.83. The number of hydrogen-bond acceptors (Lipinski definition) is 3. The van der Waals surface area contributed by atoms with Crippen molar-refractivity contribution in [1.82, 2.24) is 9.80 Å². The maximum absolute atomic E-state index is 12.3. The minimum absolute atomic E-state index is 0.192. The van der Waals surface area contributed by atoms with Crippen LogP contribution in [0, 0.1) is 17.8 Å². The molecule has 4 unspecified atom stereocenters. The lowest BCUT2D eigenvalue weighted by atomic mass is 9.88. The van der Waals surface area contributed by atoms with Crippen molar-refractivity contribution in [3.8, 4) is 0 Å². The summed E-state index contributed by atoms with van der Waals surface area (Å²) in [6.45, 7) is 7.36. The minimum atomic E-state index is 0.192. The van der Waals surface area contributed by atoms with Crippen LogP contribution in [0.3, 0.4) is 0 Å². The van der Waals surface area contributed by atoms with Crippen LogP contribution in [-0.2, 0) is 4.79 Å². The molecule has 1 amide bonds. The van der Waals surface area contributed by atoms with Crippen molar-refractivity contribution in [2.45, 2.75) is 52.0 Å². The van der Waals surface area contributed by atoms with Crippen LogP contribution in [0.15, 0.2) is 0 Å². The topological polar surface area (TPSA) is 49.6 Å². The highest BCUT2D eigenvalue weighted by molar-refractivity contribution is 5.76. The third-order valence-corrected chi connectivity index (χ3v) is 5.83. The van der Waals surface area contributed by atoms with Crippen molar-refractivity contribution < 1.29 is 4.79 Å². The molecule has 2 rings (SSSR count). The molecule has 21 heavy (non-hydrogen) atoms. The zero-order valence-electron chi connectivity index (χ0n) is 14.1. The van der Waals surface area contributed by atoms with Gasteiger partial charge in [-0.25, -0.2) is 0 Å². The molecule has 0 heterocycles. The number of hydrogen-bond donors (Lipinski definition) is 1. The second-order valence-corrected chi connectivity index (χ2v) is 7.03. The number of carbonyl (C=O) groups excluding carboxylic acids is 1. The molecule has 0 aliphatic heterocycles. The molecular formula is C17H33N3O. The van der Waals surface area contributed by atoms with E-state index < -0.39 is 0 Å². The number of nitrogens with two attached hydrogens (primary N) is 1. The third kappa shape index (κ3) is 3.98. The molecule has 2 aliphatic rings. The van der Waals surface area contributed by atoms with Crippen molar-refractivity contribution >= 4 is 5.91 Å². The van der Waals surface area contributed by atoms with Gasteiger partial charge in [0.2, 0.25) is 5.91 Å². The largest absolute Gasteiger partial charge is 0.343 e. The van der Waals surface area contributed by atoms with Crippen LogP contribution in [0.2, 0.25) is 0 Å². The highest BCUT2D eigenvalue weighted by Gasteiger charge is 2.40. The summed E-state index contributed by atoms with van der Waals surface area (Å²) in [7, 11) is 2.15. The number of nitrogens with zero attached hydrogens (tertiary/aromatic N) is 2. The van der Waals surface area contributed by atoms with E-state index in [1.54, 1.807) is 0 Å². The predicted molar refractivity (Wildman–Crippen MR) is 87.0 cm³/mol. The van der Waals surface area contributed by atoms with Crippen LogP contribution in [0.25, 0.3) is 0 Å². The molecule has 0 aromatic carbocycles. The van der Waals surface area contributed by atoms with E-state index in [-0.39, 0.29) is 11.9 Å². The Labute approximate surface area is 130 Å². The zero-order chi connectivity index (χ0) is 15.4. The van der Waals surface area contributed by atoms with Gasteiger partial charge in [-0.1, -0.05) is 6.42 Å². The van der Waals surface area contributed by atoms with Gasteiger partial charge in [-0.05, 0) is 57.9 Å². The fourth-order valence-electron chi connectivity index (χ4n) is 4.45. The van der Waals surface area contributed by atoms with Crippen molar-refractivity contribution in [3.05, 3.63) is 0 Å². The number of carbonyl (C=O) groups is 1. The van der Waals surface area contributed by atoms with E-state index in [4.69, 9.17) is 5.73 Å². The Morgan fingerprint density at radius 2 is 1.95 bits per heavy atom. The molecule has 4 atom stereocenters. The molecule has 2 N–H and O–H groups in total. The Morgan fingerprint density at radius 1 is 1.24 bits per heavy atom. The van der Waals surface area contributed by atoms with Crippen LogP contribution in [0.1, 0.15) is 46.0 Å². The quantitative estimate of drug-likeness (QED) is 0.744.